The van der Waals surface area contributed by atoms with Crippen LogP contribution >= 0.6 is 11.6 Å². The fourth-order valence-corrected chi connectivity index (χ4v) is 6.64. The van der Waals surface area contributed by atoms with Crippen LogP contribution in [0, 0.1) is 6.92 Å². The molecule has 0 radical (unpaired) electrons. The lowest BCUT2D eigenvalue weighted by atomic mass is 10.0. The number of nitrogens with zero attached hydrogens (tertiary/aromatic N) is 2. The molecule has 4 rings (SSSR count). The van der Waals surface area contributed by atoms with Gasteiger partial charge in [0, 0.05) is 19.0 Å². The molecule has 0 spiro atoms. The molecular weight excluding hydrogens is 610 g/mol. The Morgan fingerprint density at radius 2 is 1.51 bits per heavy atom. The van der Waals surface area contributed by atoms with E-state index in [0.29, 0.717) is 5.75 Å². The van der Waals surface area contributed by atoms with Crippen molar-refractivity contribution in [2.75, 3.05) is 18.0 Å². The quantitative estimate of drug-likeness (QED) is 0.192. The summed E-state index contributed by atoms with van der Waals surface area (Å²) in [5.74, 6) is -0.524. The van der Waals surface area contributed by atoms with Crippen molar-refractivity contribution in [2.45, 2.75) is 50.7 Å². The number of aryl methyl sites for hydroxylation is 1. The van der Waals surface area contributed by atoms with Crippen LogP contribution in [0.15, 0.2) is 108 Å². The standard InChI is InChI=1S/C35H38ClN3O5S/c1-25(2)37-35(41)32(21-27-14-7-5-8-15-27)38(23-28-16-12-11-13-26(28)3)34(40)24-39(29-19-20-33(44-4)31(36)22-29)45(42,43)30-17-9-6-10-18-30/h5-20,22,25,32H,21,23-24H2,1-4H3,(H,37,41)/t32-/m0/s1. The number of nitrogens with one attached hydrogen (secondary N) is 1. The summed E-state index contributed by atoms with van der Waals surface area (Å²) in [5, 5.41) is 3.15. The monoisotopic (exact) mass is 647 g/mol. The molecule has 0 fully saturated rings. The van der Waals surface area contributed by atoms with Gasteiger partial charge in [0.1, 0.15) is 18.3 Å². The van der Waals surface area contributed by atoms with E-state index in [2.05, 4.69) is 5.32 Å². The highest BCUT2D eigenvalue weighted by Gasteiger charge is 2.35. The summed E-state index contributed by atoms with van der Waals surface area (Å²) in [7, 11) is -2.78. The number of halogens is 1. The molecule has 1 N–H and O–H groups in total. The Labute approximate surface area is 270 Å². The fourth-order valence-electron chi connectivity index (χ4n) is 4.96. The Kier molecular flexibility index (Phi) is 11.3. The lowest BCUT2D eigenvalue weighted by Gasteiger charge is -2.34. The van der Waals surface area contributed by atoms with Crippen molar-refractivity contribution in [1.82, 2.24) is 10.2 Å². The van der Waals surface area contributed by atoms with E-state index in [0.717, 1.165) is 21.0 Å². The van der Waals surface area contributed by atoms with Crippen LogP contribution in [0.25, 0.3) is 0 Å². The molecular formula is C35H38ClN3O5S. The van der Waals surface area contributed by atoms with E-state index < -0.39 is 28.5 Å². The maximum absolute atomic E-state index is 14.5. The number of benzene rings is 4. The second-order valence-corrected chi connectivity index (χ2v) is 13.2. The van der Waals surface area contributed by atoms with Crippen molar-refractivity contribution < 1.29 is 22.7 Å². The second-order valence-electron chi connectivity index (χ2n) is 11.0. The summed E-state index contributed by atoms with van der Waals surface area (Å²) in [5.41, 5.74) is 2.82. The molecule has 0 aliphatic heterocycles. The number of amides is 2. The predicted octanol–water partition coefficient (Wildman–Crippen LogP) is 6.02. The number of carbonyl (C=O) groups excluding carboxylic acids is 2. The number of sulfonamides is 1. The first-order chi connectivity index (χ1) is 21.5. The zero-order valence-corrected chi connectivity index (χ0v) is 27.4. The minimum Gasteiger partial charge on any atom is -0.495 e. The van der Waals surface area contributed by atoms with Crippen molar-refractivity contribution in [1.29, 1.82) is 0 Å². The van der Waals surface area contributed by atoms with E-state index in [1.165, 1.54) is 36.3 Å². The van der Waals surface area contributed by atoms with Crippen LogP contribution in [0.2, 0.25) is 5.02 Å². The number of hydrogen-bond donors (Lipinski definition) is 1. The maximum atomic E-state index is 14.5. The highest BCUT2D eigenvalue weighted by Crippen LogP contribution is 2.32. The van der Waals surface area contributed by atoms with Gasteiger partial charge in [-0.15, -0.1) is 0 Å². The van der Waals surface area contributed by atoms with Gasteiger partial charge < -0.3 is 15.0 Å². The summed E-state index contributed by atoms with van der Waals surface area (Å²) in [6.45, 7) is 5.16. The summed E-state index contributed by atoms with van der Waals surface area (Å²) in [4.78, 5) is 29.8. The van der Waals surface area contributed by atoms with E-state index in [9.17, 15) is 18.0 Å². The molecule has 45 heavy (non-hydrogen) atoms. The first-order valence-electron chi connectivity index (χ1n) is 14.6. The van der Waals surface area contributed by atoms with Gasteiger partial charge in [-0.2, -0.15) is 0 Å². The minimum absolute atomic E-state index is 0.00795. The molecule has 0 aliphatic carbocycles. The first-order valence-corrected chi connectivity index (χ1v) is 16.4. The van der Waals surface area contributed by atoms with E-state index in [-0.39, 0.29) is 40.5 Å². The van der Waals surface area contributed by atoms with Gasteiger partial charge in [-0.25, -0.2) is 8.42 Å². The molecule has 0 saturated carbocycles. The van der Waals surface area contributed by atoms with Gasteiger partial charge in [0.05, 0.1) is 22.7 Å². The normalized spacial score (nSPS) is 12.0. The first kappa shape index (κ1) is 33.6. The third kappa shape index (κ3) is 8.44. The Balaban J connectivity index is 1.83. The zero-order valence-electron chi connectivity index (χ0n) is 25.8. The van der Waals surface area contributed by atoms with Crippen molar-refractivity contribution in [3.8, 4) is 5.75 Å². The van der Waals surface area contributed by atoms with Crippen molar-refractivity contribution >= 4 is 39.1 Å². The summed E-state index contributed by atoms with van der Waals surface area (Å²) >= 11 is 6.43. The lowest BCUT2D eigenvalue weighted by Crippen LogP contribution is -2.54. The van der Waals surface area contributed by atoms with Crippen LogP contribution in [0.1, 0.15) is 30.5 Å². The molecule has 2 amide bonds. The molecule has 0 aliphatic rings. The van der Waals surface area contributed by atoms with Gasteiger partial charge in [0.15, 0.2) is 0 Å². The van der Waals surface area contributed by atoms with Crippen molar-refractivity contribution in [3.63, 3.8) is 0 Å². The zero-order chi connectivity index (χ0) is 32.6. The smallest absolute Gasteiger partial charge is 0.264 e. The van der Waals surface area contributed by atoms with E-state index >= 15 is 0 Å². The average molecular weight is 648 g/mol. The highest BCUT2D eigenvalue weighted by molar-refractivity contribution is 7.92. The molecule has 4 aromatic rings. The number of rotatable bonds is 13. The van der Waals surface area contributed by atoms with E-state index in [1.54, 1.807) is 24.3 Å². The number of hydrogen-bond acceptors (Lipinski definition) is 5. The Bertz CT molecular complexity index is 1720. The van der Waals surface area contributed by atoms with Gasteiger partial charge in [-0.3, -0.25) is 13.9 Å². The second kappa shape index (κ2) is 15.1. The SMILES string of the molecule is COc1ccc(N(CC(=O)N(Cc2ccccc2C)[C@@H](Cc2ccccc2)C(=O)NC(C)C)S(=O)(=O)c2ccccc2)cc1Cl. The maximum Gasteiger partial charge on any atom is 0.264 e. The summed E-state index contributed by atoms with van der Waals surface area (Å²) in [6, 6.07) is 28.4. The molecule has 10 heteroatoms. The largest absolute Gasteiger partial charge is 0.495 e. The third-order valence-electron chi connectivity index (χ3n) is 7.34. The third-order valence-corrected chi connectivity index (χ3v) is 9.42. The van der Waals surface area contributed by atoms with E-state index in [1.807, 2.05) is 75.4 Å². The van der Waals surface area contributed by atoms with Gasteiger partial charge in [-0.05, 0) is 67.8 Å². The van der Waals surface area contributed by atoms with Crippen LogP contribution in [-0.4, -0.2) is 50.9 Å². The number of methoxy groups -OCH3 is 1. The van der Waals surface area contributed by atoms with Crippen LogP contribution in [0.3, 0.4) is 0 Å². The minimum atomic E-state index is -4.24. The van der Waals surface area contributed by atoms with Gasteiger partial charge in [0.2, 0.25) is 11.8 Å². The van der Waals surface area contributed by atoms with Crippen LogP contribution in [0.5, 0.6) is 5.75 Å². The fraction of sp³-hybridized carbons (Fsp3) is 0.257. The van der Waals surface area contributed by atoms with Crippen molar-refractivity contribution in [2.24, 2.45) is 0 Å². The van der Waals surface area contributed by atoms with Crippen LogP contribution in [0.4, 0.5) is 5.69 Å². The lowest BCUT2D eigenvalue weighted by molar-refractivity contribution is -0.140. The van der Waals surface area contributed by atoms with Crippen molar-refractivity contribution in [3.05, 3.63) is 125 Å². The molecule has 1 atom stereocenters. The Morgan fingerprint density at radius 3 is 2.11 bits per heavy atom. The summed E-state index contributed by atoms with van der Waals surface area (Å²) in [6.07, 6.45) is 0.233. The van der Waals surface area contributed by atoms with Gasteiger partial charge >= 0.3 is 0 Å². The average Bonchev–Trinajstić information content (AvgIpc) is 3.02. The molecule has 236 valence electrons. The molecule has 0 unspecified atom stereocenters. The van der Waals surface area contributed by atoms with E-state index in [4.69, 9.17) is 16.3 Å². The molecule has 0 bridgehead atoms. The predicted molar refractivity (Wildman–Crippen MR) is 178 cm³/mol. The molecule has 0 heterocycles. The topological polar surface area (TPSA) is 96.0 Å². The molecule has 4 aromatic carbocycles. The number of carbonyl (C=O) groups is 2. The van der Waals surface area contributed by atoms with Gasteiger partial charge in [-0.1, -0.05) is 84.4 Å². The van der Waals surface area contributed by atoms with Gasteiger partial charge in [0.25, 0.3) is 10.0 Å². The molecule has 0 saturated heterocycles. The Hall–Kier alpha value is -4.34. The Morgan fingerprint density at radius 1 is 0.889 bits per heavy atom. The highest BCUT2D eigenvalue weighted by atomic mass is 35.5. The molecule has 0 aromatic heterocycles. The number of ether oxygens (including phenoxy) is 1. The summed E-state index contributed by atoms with van der Waals surface area (Å²) < 4.78 is 34.5. The van der Waals surface area contributed by atoms with Crippen LogP contribution < -0.4 is 14.4 Å². The number of anilines is 1. The molecule has 8 nitrogen and oxygen atoms in total. The van der Waals surface area contributed by atoms with Crippen LogP contribution in [-0.2, 0) is 32.6 Å².